The van der Waals surface area contributed by atoms with Gasteiger partial charge in [-0.05, 0) is 38.1 Å². The molecule has 2 nitrogen and oxygen atoms in total. The number of benzene rings is 2. The van der Waals surface area contributed by atoms with Crippen molar-refractivity contribution in [1.82, 2.24) is 0 Å². The van der Waals surface area contributed by atoms with E-state index in [9.17, 15) is 0 Å². The second kappa shape index (κ2) is 8.30. The number of hydrogen-bond donors (Lipinski definition) is 0. The molecule has 0 amide bonds. The predicted molar refractivity (Wildman–Crippen MR) is 110 cm³/mol. The number of fused-ring (bicyclic) bond motifs is 2. The number of halogens is 1. The summed E-state index contributed by atoms with van der Waals surface area (Å²) in [6.07, 6.45) is 6.66. The number of rotatable bonds is 4. The standard InChI is InChI=1S/C21H21N2S2.ClH/c1-3-22-16-10-5-7-12-18(16)24-20(22)14-9-15-21-23(4-2)17-11-6-8-13-19(17)25-21;/h5-15H,3-4H2,1-2H3;1H/q+1;/p-1. The van der Waals surface area contributed by atoms with Crippen LogP contribution in [0.4, 0.5) is 5.69 Å². The third kappa shape index (κ3) is 3.41. The molecular formula is C21H21ClN2S2. The quantitative estimate of drug-likeness (QED) is 0.621. The smallest absolute Gasteiger partial charge is 0.262 e. The zero-order valence-corrected chi connectivity index (χ0v) is 17.2. The van der Waals surface area contributed by atoms with E-state index in [0.29, 0.717) is 0 Å². The summed E-state index contributed by atoms with van der Waals surface area (Å²) in [7, 11) is 0. The summed E-state index contributed by atoms with van der Waals surface area (Å²) in [5.41, 5.74) is 2.64. The molecule has 0 saturated carbocycles. The van der Waals surface area contributed by atoms with Crippen molar-refractivity contribution in [3.05, 3.63) is 70.7 Å². The van der Waals surface area contributed by atoms with E-state index in [4.69, 9.17) is 0 Å². The molecule has 26 heavy (non-hydrogen) atoms. The van der Waals surface area contributed by atoms with Crippen molar-refractivity contribution < 1.29 is 17.0 Å². The highest BCUT2D eigenvalue weighted by Crippen LogP contribution is 2.45. The van der Waals surface area contributed by atoms with Gasteiger partial charge in [-0.3, -0.25) is 0 Å². The molecule has 0 radical (unpaired) electrons. The van der Waals surface area contributed by atoms with Crippen LogP contribution in [-0.2, 0) is 6.54 Å². The zero-order valence-electron chi connectivity index (χ0n) is 14.9. The summed E-state index contributed by atoms with van der Waals surface area (Å²) in [6.45, 7) is 6.39. The Balaban J connectivity index is 0.00000196. The van der Waals surface area contributed by atoms with Crippen LogP contribution in [-0.4, -0.2) is 6.54 Å². The van der Waals surface area contributed by atoms with Gasteiger partial charge < -0.3 is 17.3 Å². The lowest BCUT2D eigenvalue weighted by Gasteiger charge is -2.17. The average Bonchev–Trinajstić information content (AvgIpc) is 3.18. The minimum absolute atomic E-state index is 0. The van der Waals surface area contributed by atoms with Crippen molar-refractivity contribution in [2.45, 2.75) is 25.3 Å². The van der Waals surface area contributed by atoms with Gasteiger partial charge in [0.05, 0.1) is 10.7 Å². The number of thiazole rings is 1. The van der Waals surface area contributed by atoms with E-state index < -0.39 is 0 Å². The fraction of sp³-hybridized carbons (Fsp3) is 0.190. The Labute approximate surface area is 169 Å². The molecule has 1 aliphatic rings. The van der Waals surface area contributed by atoms with Gasteiger partial charge in [0, 0.05) is 23.6 Å². The van der Waals surface area contributed by atoms with Gasteiger partial charge in [0.2, 0.25) is 5.52 Å². The van der Waals surface area contributed by atoms with Crippen LogP contribution in [0.5, 0.6) is 0 Å². The maximum absolute atomic E-state index is 2.38. The van der Waals surface area contributed by atoms with E-state index in [0.717, 1.165) is 13.1 Å². The van der Waals surface area contributed by atoms with Gasteiger partial charge in [-0.15, -0.1) is 0 Å². The number of nitrogens with zero attached hydrogens (tertiary/aromatic N) is 2. The SMILES string of the molecule is CCN1C(=CC=Cc2sc3ccccc3[n+]2CC)Sc2ccccc21.[Cl-]. The van der Waals surface area contributed by atoms with Crippen molar-refractivity contribution in [3.8, 4) is 0 Å². The summed E-state index contributed by atoms with van der Waals surface area (Å²) in [5, 5.41) is 2.59. The summed E-state index contributed by atoms with van der Waals surface area (Å²) in [5.74, 6) is 0. The molecule has 0 atom stereocenters. The van der Waals surface area contributed by atoms with E-state index in [1.165, 1.54) is 30.8 Å². The highest BCUT2D eigenvalue weighted by atomic mass is 35.5. The van der Waals surface area contributed by atoms with E-state index in [1.54, 1.807) is 0 Å². The number of aryl methyl sites for hydroxylation is 1. The Bertz CT molecular complexity index is 975. The predicted octanol–water partition coefficient (Wildman–Crippen LogP) is 2.70. The van der Waals surface area contributed by atoms with Crippen molar-refractivity contribution in [1.29, 1.82) is 0 Å². The van der Waals surface area contributed by atoms with Crippen molar-refractivity contribution in [3.63, 3.8) is 0 Å². The van der Waals surface area contributed by atoms with Gasteiger partial charge in [0.1, 0.15) is 11.2 Å². The van der Waals surface area contributed by atoms with Gasteiger partial charge >= 0.3 is 0 Å². The topological polar surface area (TPSA) is 7.12 Å². The lowest BCUT2D eigenvalue weighted by Crippen LogP contribution is -3.00. The molecule has 0 aliphatic carbocycles. The fourth-order valence-electron chi connectivity index (χ4n) is 3.22. The Morgan fingerprint density at radius 1 is 1.04 bits per heavy atom. The first kappa shape index (κ1) is 19.0. The Kier molecular flexibility index (Phi) is 6.07. The molecule has 0 fully saturated rings. The van der Waals surface area contributed by atoms with Crippen LogP contribution in [0.15, 0.2) is 70.6 Å². The van der Waals surface area contributed by atoms with Crippen molar-refractivity contribution in [2.75, 3.05) is 11.4 Å². The van der Waals surface area contributed by atoms with Gasteiger partial charge in [-0.25, -0.2) is 0 Å². The molecule has 134 valence electrons. The van der Waals surface area contributed by atoms with Crippen molar-refractivity contribution in [2.24, 2.45) is 0 Å². The highest BCUT2D eigenvalue weighted by Gasteiger charge is 2.22. The molecule has 3 aromatic rings. The fourth-order valence-corrected chi connectivity index (χ4v) is 5.50. The maximum atomic E-state index is 2.38. The van der Waals surface area contributed by atoms with E-state index in [1.807, 2.05) is 23.1 Å². The lowest BCUT2D eigenvalue weighted by molar-refractivity contribution is -0.665. The first-order valence-electron chi connectivity index (χ1n) is 8.66. The molecule has 2 heterocycles. The average molecular weight is 401 g/mol. The molecule has 2 aromatic carbocycles. The number of allylic oxidation sites excluding steroid dienone is 2. The number of para-hydroxylation sites is 2. The Morgan fingerprint density at radius 2 is 1.81 bits per heavy atom. The first-order chi connectivity index (χ1) is 12.3. The van der Waals surface area contributed by atoms with Crippen molar-refractivity contribution >= 4 is 45.1 Å². The van der Waals surface area contributed by atoms with Crippen LogP contribution in [0.25, 0.3) is 16.3 Å². The van der Waals surface area contributed by atoms with Gasteiger partial charge in [0.25, 0.3) is 5.01 Å². The molecule has 0 N–H and O–H groups in total. The minimum atomic E-state index is 0. The van der Waals surface area contributed by atoms with Crippen LogP contribution >= 0.6 is 23.1 Å². The van der Waals surface area contributed by atoms with Gasteiger partial charge in [-0.1, -0.05) is 53.4 Å². The molecule has 0 bridgehead atoms. The van der Waals surface area contributed by atoms with Gasteiger partial charge in [0.15, 0.2) is 0 Å². The Hall–Kier alpha value is -1.75. The first-order valence-corrected chi connectivity index (χ1v) is 10.3. The van der Waals surface area contributed by atoms with Crippen LogP contribution in [0.2, 0.25) is 0 Å². The monoisotopic (exact) mass is 400 g/mol. The molecule has 1 aliphatic heterocycles. The molecule has 5 heteroatoms. The molecule has 4 rings (SSSR count). The number of aromatic nitrogens is 1. The minimum Gasteiger partial charge on any atom is -1.00 e. The van der Waals surface area contributed by atoms with Crippen LogP contribution < -0.4 is 21.9 Å². The maximum Gasteiger partial charge on any atom is 0.262 e. The second-order valence-electron chi connectivity index (χ2n) is 5.83. The zero-order chi connectivity index (χ0) is 17.2. The van der Waals surface area contributed by atoms with Crippen LogP contribution in [0, 0.1) is 0 Å². The molecule has 1 aromatic heterocycles. The van der Waals surface area contributed by atoms with E-state index in [2.05, 4.69) is 90.1 Å². The largest absolute Gasteiger partial charge is 1.00 e. The summed E-state index contributed by atoms with van der Waals surface area (Å²) in [6, 6.07) is 17.2. The van der Waals surface area contributed by atoms with E-state index in [-0.39, 0.29) is 12.4 Å². The number of anilines is 1. The lowest BCUT2D eigenvalue weighted by atomic mass is 10.3. The van der Waals surface area contributed by atoms with Crippen LogP contribution in [0.1, 0.15) is 18.9 Å². The van der Waals surface area contributed by atoms with Gasteiger partial charge in [-0.2, -0.15) is 4.57 Å². The number of hydrogen-bond acceptors (Lipinski definition) is 3. The second-order valence-corrected chi connectivity index (χ2v) is 7.95. The third-order valence-electron chi connectivity index (χ3n) is 4.38. The summed E-state index contributed by atoms with van der Waals surface area (Å²) < 4.78 is 3.72. The third-order valence-corrected chi connectivity index (χ3v) is 6.64. The van der Waals surface area contributed by atoms with Crippen LogP contribution in [0.3, 0.4) is 0 Å². The normalized spacial score (nSPS) is 15.0. The summed E-state index contributed by atoms with van der Waals surface area (Å²) >= 11 is 3.70. The van der Waals surface area contributed by atoms with E-state index >= 15 is 0 Å². The molecule has 0 spiro atoms. The summed E-state index contributed by atoms with van der Waals surface area (Å²) in [4.78, 5) is 3.72. The molecule has 0 unspecified atom stereocenters. The molecular weight excluding hydrogens is 380 g/mol. The highest BCUT2D eigenvalue weighted by molar-refractivity contribution is 8.03. The molecule has 0 saturated heterocycles. The number of thioether (sulfide) groups is 1. The Morgan fingerprint density at radius 3 is 2.62 bits per heavy atom.